The van der Waals surface area contributed by atoms with Crippen LogP contribution in [0.2, 0.25) is 0 Å². The number of aromatic nitrogens is 5. The van der Waals surface area contributed by atoms with Crippen LogP contribution in [-0.4, -0.2) is 80.1 Å². The van der Waals surface area contributed by atoms with E-state index in [4.69, 9.17) is 19.9 Å². The van der Waals surface area contributed by atoms with Crippen LogP contribution in [0.15, 0.2) is 24.7 Å². The maximum absolute atomic E-state index is 5.01. The van der Waals surface area contributed by atoms with E-state index in [9.17, 15) is 0 Å². The highest BCUT2D eigenvalue weighted by Crippen LogP contribution is 2.34. The van der Waals surface area contributed by atoms with E-state index >= 15 is 0 Å². The van der Waals surface area contributed by atoms with Gasteiger partial charge in [-0.1, -0.05) is 19.8 Å². The van der Waals surface area contributed by atoms with Crippen LogP contribution >= 0.6 is 0 Å². The Morgan fingerprint density at radius 1 is 0.886 bits per heavy atom. The normalized spacial score (nSPS) is 20.3. The highest BCUT2D eigenvalue weighted by atomic mass is 15.3. The fourth-order valence-corrected chi connectivity index (χ4v) is 5.72. The molecule has 0 atom stereocenters. The van der Waals surface area contributed by atoms with E-state index in [0.717, 1.165) is 86.7 Å². The minimum absolute atomic E-state index is 0.495. The number of imidazole rings is 1. The van der Waals surface area contributed by atoms with Crippen LogP contribution in [0.1, 0.15) is 57.2 Å². The highest BCUT2D eigenvalue weighted by molar-refractivity contribution is 5.86. The SMILES string of the molecule is CCN1CCN(Cc2ccc(Nc3nc(N4CCCC4)nc4c3ncn4C3CCCC3)cn2)CC1. The van der Waals surface area contributed by atoms with Crippen molar-refractivity contribution in [2.24, 2.45) is 0 Å². The Hall–Kier alpha value is -2.78. The third kappa shape index (κ3) is 4.84. The molecule has 3 fully saturated rings. The lowest BCUT2D eigenvalue weighted by atomic mass is 10.2. The van der Waals surface area contributed by atoms with E-state index in [1.807, 2.05) is 12.5 Å². The van der Waals surface area contributed by atoms with Gasteiger partial charge in [0.2, 0.25) is 5.95 Å². The molecule has 1 aliphatic carbocycles. The van der Waals surface area contributed by atoms with E-state index < -0.39 is 0 Å². The number of nitrogens with one attached hydrogen (secondary N) is 1. The summed E-state index contributed by atoms with van der Waals surface area (Å²) in [6.45, 7) is 10.8. The number of fused-ring (bicyclic) bond motifs is 1. The molecule has 9 nitrogen and oxygen atoms in total. The lowest BCUT2D eigenvalue weighted by Gasteiger charge is -2.33. The molecule has 0 unspecified atom stereocenters. The van der Waals surface area contributed by atoms with Crippen LogP contribution in [-0.2, 0) is 6.54 Å². The fourth-order valence-electron chi connectivity index (χ4n) is 5.72. The third-order valence-electron chi connectivity index (χ3n) is 7.90. The second-order valence-electron chi connectivity index (χ2n) is 10.2. The molecule has 5 heterocycles. The van der Waals surface area contributed by atoms with Crippen LogP contribution in [0, 0.1) is 0 Å². The first kappa shape index (κ1) is 22.7. The van der Waals surface area contributed by atoms with Gasteiger partial charge in [-0.15, -0.1) is 0 Å². The number of nitrogens with zero attached hydrogens (tertiary/aromatic N) is 8. The van der Waals surface area contributed by atoms with Crippen LogP contribution < -0.4 is 10.2 Å². The lowest BCUT2D eigenvalue weighted by molar-refractivity contribution is 0.131. The maximum Gasteiger partial charge on any atom is 0.229 e. The minimum atomic E-state index is 0.495. The van der Waals surface area contributed by atoms with Crippen LogP contribution in [0.4, 0.5) is 17.5 Å². The molecule has 3 aromatic heterocycles. The van der Waals surface area contributed by atoms with Gasteiger partial charge in [-0.25, -0.2) is 4.98 Å². The van der Waals surface area contributed by atoms with Gasteiger partial charge in [0, 0.05) is 51.9 Å². The summed E-state index contributed by atoms with van der Waals surface area (Å²) in [7, 11) is 0. The van der Waals surface area contributed by atoms with Gasteiger partial charge in [0.15, 0.2) is 17.0 Å². The molecule has 2 saturated heterocycles. The molecule has 3 aliphatic rings. The molecule has 0 amide bonds. The molecule has 186 valence electrons. The number of rotatable bonds is 7. The molecule has 0 spiro atoms. The van der Waals surface area contributed by atoms with Crippen LogP contribution in [0.5, 0.6) is 0 Å². The number of hydrogen-bond acceptors (Lipinski definition) is 8. The van der Waals surface area contributed by atoms with E-state index in [-0.39, 0.29) is 0 Å². The highest BCUT2D eigenvalue weighted by Gasteiger charge is 2.24. The Bertz CT molecular complexity index is 1120. The number of likely N-dealkylation sites (N-methyl/N-ethyl adjacent to an activating group) is 1. The number of pyridine rings is 1. The molecule has 2 aliphatic heterocycles. The van der Waals surface area contributed by atoms with Crippen molar-refractivity contribution in [2.75, 3.05) is 56.0 Å². The summed E-state index contributed by atoms with van der Waals surface area (Å²) in [5, 5.41) is 3.52. The smallest absolute Gasteiger partial charge is 0.229 e. The van der Waals surface area contributed by atoms with Gasteiger partial charge in [-0.2, -0.15) is 9.97 Å². The number of anilines is 3. The first-order chi connectivity index (χ1) is 17.3. The van der Waals surface area contributed by atoms with Crippen molar-refractivity contribution < 1.29 is 0 Å². The van der Waals surface area contributed by atoms with Crippen molar-refractivity contribution >= 4 is 28.6 Å². The predicted octanol–water partition coefficient (Wildman–Crippen LogP) is 3.82. The molecule has 35 heavy (non-hydrogen) atoms. The zero-order valence-electron chi connectivity index (χ0n) is 20.9. The van der Waals surface area contributed by atoms with Gasteiger partial charge < -0.3 is 19.7 Å². The fraction of sp³-hybridized carbons (Fsp3) is 0.615. The molecule has 3 aromatic rings. The topological polar surface area (TPSA) is 78.2 Å². The van der Waals surface area contributed by atoms with E-state index in [1.54, 1.807) is 0 Å². The quantitative estimate of drug-likeness (QED) is 0.553. The second-order valence-corrected chi connectivity index (χ2v) is 10.2. The molecule has 0 aromatic carbocycles. The Morgan fingerprint density at radius 2 is 1.66 bits per heavy atom. The summed E-state index contributed by atoms with van der Waals surface area (Å²) in [5.74, 6) is 1.59. The summed E-state index contributed by atoms with van der Waals surface area (Å²) in [4.78, 5) is 26.8. The van der Waals surface area contributed by atoms with Crippen LogP contribution in [0.25, 0.3) is 11.2 Å². The third-order valence-corrected chi connectivity index (χ3v) is 7.90. The van der Waals surface area contributed by atoms with E-state index in [2.05, 4.69) is 43.6 Å². The number of hydrogen-bond donors (Lipinski definition) is 1. The van der Waals surface area contributed by atoms with Gasteiger partial charge in [0.05, 0.1) is 23.9 Å². The Morgan fingerprint density at radius 3 is 2.37 bits per heavy atom. The zero-order chi connectivity index (χ0) is 23.6. The Balaban J connectivity index is 1.23. The molecule has 1 saturated carbocycles. The van der Waals surface area contributed by atoms with Gasteiger partial charge in [-0.3, -0.25) is 9.88 Å². The summed E-state index contributed by atoms with van der Waals surface area (Å²) < 4.78 is 2.29. The van der Waals surface area contributed by atoms with Crippen molar-refractivity contribution in [1.29, 1.82) is 0 Å². The Labute approximate surface area is 207 Å². The molecule has 6 rings (SSSR count). The summed E-state index contributed by atoms with van der Waals surface area (Å²) >= 11 is 0. The standard InChI is InChI=1S/C26H37N9/c1-2-32-13-15-33(16-14-32)18-21-10-9-20(17-27-21)29-24-23-25(31-26(30-24)34-11-5-6-12-34)35(19-28-23)22-7-3-4-8-22/h9-10,17,19,22H,2-8,11-16,18H2,1H3,(H,29,30,31). The van der Waals surface area contributed by atoms with Crippen molar-refractivity contribution in [1.82, 2.24) is 34.3 Å². The van der Waals surface area contributed by atoms with Crippen molar-refractivity contribution in [2.45, 2.75) is 58.0 Å². The molecular formula is C26H37N9. The summed E-state index contributed by atoms with van der Waals surface area (Å²) in [5.41, 5.74) is 3.84. The lowest BCUT2D eigenvalue weighted by Crippen LogP contribution is -2.45. The van der Waals surface area contributed by atoms with Gasteiger partial charge in [-0.05, 0) is 44.4 Å². The summed E-state index contributed by atoms with van der Waals surface area (Å²) in [6, 6.07) is 4.74. The largest absolute Gasteiger partial charge is 0.341 e. The molecule has 1 N–H and O–H groups in total. The Kier molecular flexibility index (Phi) is 6.52. The molecule has 9 heteroatoms. The predicted molar refractivity (Wildman–Crippen MR) is 139 cm³/mol. The minimum Gasteiger partial charge on any atom is -0.341 e. The van der Waals surface area contributed by atoms with Gasteiger partial charge in [0.1, 0.15) is 0 Å². The molecular weight excluding hydrogens is 438 g/mol. The molecule has 0 radical (unpaired) electrons. The zero-order valence-corrected chi connectivity index (χ0v) is 20.9. The van der Waals surface area contributed by atoms with E-state index in [0.29, 0.717) is 6.04 Å². The van der Waals surface area contributed by atoms with E-state index in [1.165, 1.54) is 38.5 Å². The second kappa shape index (κ2) is 10.1. The van der Waals surface area contributed by atoms with Gasteiger partial charge in [0.25, 0.3) is 0 Å². The van der Waals surface area contributed by atoms with Crippen molar-refractivity contribution in [3.05, 3.63) is 30.4 Å². The monoisotopic (exact) mass is 475 g/mol. The maximum atomic E-state index is 5.01. The average molecular weight is 476 g/mol. The van der Waals surface area contributed by atoms with Gasteiger partial charge >= 0.3 is 0 Å². The van der Waals surface area contributed by atoms with Crippen LogP contribution in [0.3, 0.4) is 0 Å². The molecule has 0 bridgehead atoms. The summed E-state index contributed by atoms with van der Waals surface area (Å²) in [6.07, 6.45) is 11.3. The average Bonchev–Trinajstić information content (AvgIpc) is 3.67. The van der Waals surface area contributed by atoms with Crippen molar-refractivity contribution in [3.63, 3.8) is 0 Å². The first-order valence-electron chi connectivity index (χ1n) is 13.4. The first-order valence-corrected chi connectivity index (χ1v) is 13.4. The number of piperazine rings is 1. The van der Waals surface area contributed by atoms with Crippen molar-refractivity contribution in [3.8, 4) is 0 Å².